The van der Waals surface area contributed by atoms with Crippen LogP contribution < -0.4 is 0 Å². The molecule has 1 saturated heterocycles. The van der Waals surface area contributed by atoms with E-state index in [1.807, 2.05) is 41.5 Å². The average Bonchev–Trinajstić information content (AvgIpc) is 3.42. The molecule has 1 atom stereocenters. The van der Waals surface area contributed by atoms with Gasteiger partial charge in [-0.2, -0.15) is 0 Å². The number of aryl methyl sites for hydroxylation is 2. The molecule has 2 amide bonds. The Balaban J connectivity index is 1.65. The topological polar surface area (TPSA) is 57.9 Å². The Bertz CT molecular complexity index is 913. The van der Waals surface area contributed by atoms with E-state index in [2.05, 4.69) is 23.7 Å². The Morgan fingerprint density at radius 3 is 2.68 bits per heavy atom. The molecule has 150 valence electrons. The summed E-state index contributed by atoms with van der Waals surface area (Å²) in [5, 5.41) is 0. The summed E-state index contributed by atoms with van der Waals surface area (Å²) in [5.74, 6) is 1.12. The molecule has 0 N–H and O–H groups in total. The van der Waals surface area contributed by atoms with Crippen molar-refractivity contribution in [1.29, 1.82) is 0 Å². The molecule has 0 aromatic carbocycles. The highest BCUT2D eigenvalue weighted by Crippen LogP contribution is 2.32. The molecular weight excluding hydrogens is 352 g/mol. The summed E-state index contributed by atoms with van der Waals surface area (Å²) in [4.78, 5) is 34.8. The largest absolute Gasteiger partial charge is 0.337 e. The maximum absolute atomic E-state index is 13.5. The van der Waals surface area contributed by atoms with Crippen LogP contribution in [0.5, 0.6) is 0 Å². The number of pyridine rings is 1. The normalized spacial score (nSPS) is 20.9. The number of hydrogen-bond acceptors (Lipinski definition) is 3. The number of fused-ring (bicyclic) bond motifs is 1. The molecule has 2 fully saturated rings. The first-order chi connectivity index (χ1) is 13.3. The second-order valence-corrected chi connectivity index (χ2v) is 8.78. The first-order valence-electron chi connectivity index (χ1n) is 10.4. The third kappa shape index (κ3) is 3.52. The van der Waals surface area contributed by atoms with E-state index in [0.29, 0.717) is 37.0 Å². The predicted octanol–water partition coefficient (Wildman–Crippen LogP) is 3.06. The third-order valence-corrected chi connectivity index (χ3v) is 6.08. The average molecular weight is 383 g/mol. The van der Waals surface area contributed by atoms with Gasteiger partial charge in [-0.05, 0) is 50.2 Å². The van der Waals surface area contributed by atoms with E-state index in [-0.39, 0.29) is 17.9 Å². The first kappa shape index (κ1) is 19.0. The monoisotopic (exact) mass is 382 g/mol. The zero-order valence-corrected chi connectivity index (χ0v) is 17.3. The van der Waals surface area contributed by atoms with Gasteiger partial charge in [0.1, 0.15) is 11.3 Å². The number of imidazole rings is 1. The van der Waals surface area contributed by atoms with Crippen LogP contribution in [0.4, 0.5) is 0 Å². The zero-order chi connectivity index (χ0) is 20.0. The summed E-state index contributed by atoms with van der Waals surface area (Å²) in [6.07, 6.45) is 4.80. The number of hydrogen-bond donors (Lipinski definition) is 0. The molecule has 2 aromatic heterocycles. The molecule has 4 rings (SSSR count). The van der Waals surface area contributed by atoms with Crippen LogP contribution in [-0.4, -0.2) is 56.7 Å². The molecule has 2 aliphatic rings. The Morgan fingerprint density at radius 1 is 1.25 bits per heavy atom. The summed E-state index contributed by atoms with van der Waals surface area (Å²) in [7, 11) is 0. The predicted molar refractivity (Wildman–Crippen MR) is 108 cm³/mol. The van der Waals surface area contributed by atoms with Gasteiger partial charge in [0.25, 0.3) is 5.91 Å². The van der Waals surface area contributed by atoms with E-state index >= 15 is 0 Å². The highest BCUT2D eigenvalue weighted by molar-refractivity contribution is 5.95. The number of aromatic nitrogens is 2. The molecule has 0 bridgehead atoms. The summed E-state index contributed by atoms with van der Waals surface area (Å²) in [6.45, 7) is 10.1. The fourth-order valence-corrected chi connectivity index (χ4v) is 4.22. The molecule has 0 radical (unpaired) electrons. The van der Waals surface area contributed by atoms with Crippen molar-refractivity contribution in [3.8, 4) is 0 Å². The van der Waals surface area contributed by atoms with Gasteiger partial charge >= 0.3 is 0 Å². The third-order valence-electron chi connectivity index (χ3n) is 6.08. The van der Waals surface area contributed by atoms with Gasteiger partial charge in [0.2, 0.25) is 5.91 Å². The van der Waals surface area contributed by atoms with Crippen LogP contribution in [0.15, 0.2) is 18.3 Å². The van der Waals surface area contributed by atoms with Crippen LogP contribution in [0.3, 0.4) is 0 Å². The van der Waals surface area contributed by atoms with Crippen LogP contribution in [-0.2, 0) is 4.79 Å². The molecule has 1 aliphatic heterocycles. The van der Waals surface area contributed by atoms with Crippen LogP contribution >= 0.6 is 0 Å². The van der Waals surface area contributed by atoms with Crippen LogP contribution in [0.1, 0.15) is 54.9 Å². The summed E-state index contributed by atoms with van der Waals surface area (Å²) < 4.78 is 1.89. The van der Waals surface area contributed by atoms with Crippen molar-refractivity contribution < 1.29 is 9.59 Å². The quantitative estimate of drug-likeness (QED) is 0.817. The number of nitrogens with zero attached hydrogens (tertiary/aromatic N) is 4. The highest BCUT2D eigenvalue weighted by atomic mass is 16.2. The lowest BCUT2D eigenvalue weighted by Gasteiger charge is -2.34. The summed E-state index contributed by atoms with van der Waals surface area (Å²) in [5.41, 5.74) is 3.22. The van der Waals surface area contributed by atoms with Crippen LogP contribution in [0, 0.1) is 25.7 Å². The zero-order valence-electron chi connectivity index (χ0n) is 17.3. The molecule has 3 heterocycles. The van der Waals surface area contributed by atoms with E-state index in [1.165, 1.54) is 12.8 Å². The van der Waals surface area contributed by atoms with Crippen molar-refractivity contribution in [3.63, 3.8) is 0 Å². The molecule has 6 nitrogen and oxygen atoms in total. The molecule has 0 spiro atoms. The number of amides is 2. The number of carbonyl (C=O) groups excluding carboxylic acids is 2. The molecular formula is C22H30N4O2. The minimum atomic E-state index is -0.0256. The van der Waals surface area contributed by atoms with E-state index in [4.69, 9.17) is 0 Å². The van der Waals surface area contributed by atoms with Gasteiger partial charge in [-0.15, -0.1) is 0 Å². The van der Waals surface area contributed by atoms with Gasteiger partial charge in [0, 0.05) is 32.3 Å². The molecule has 0 unspecified atom stereocenters. The Hall–Kier alpha value is -2.37. The van der Waals surface area contributed by atoms with Gasteiger partial charge in [-0.1, -0.05) is 19.9 Å². The van der Waals surface area contributed by atoms with Crippen molar-refractivity contribution in [2.75, 3.05) is 19.6 Å². The first-order valence-corrected chi connectivity index (χ1v) is 10.4. The molecule has 28 heavy (non-hydrogen) atoms. The van der Waals surface area contributed by atoms with E-state index in [9.17, 15) is 9.59 Å². The SMILES string of the molecule is Cc1ccc2nc(C)c(C(=O)N3CCC(=O)N(CC4CC4)[C@H](C(C)C)C3)n2c1. The fraction of sp³-hybridized carbons (Fsp3) is 0.591. The highest BCUT2D eigenvalue weighted by Gasteiger charge is 2.37. The molecule has 1 saturated carbocycles. The smallest absolute Gasteiger partial charge is 0.272 e. The number of rotatable bonds is 4. The molecule has 2 aromatic rings. The molecule has 1 aliphatic carbocycles. The maximum atomic E-state index is 13.5. The van der Waals surface area contributed by atoms with Gasteiger partial charge in [0.15, 0.2) is 0 Å². The minimum Gasteiger partial charge on any atom is -0.337 e. The lowest BCUT2D eigenvalue weighted by atomic mass is 10.0. The Labute approximate surface area is 166 Å². The van der Waals surface area contributed by atoms with Gasteiger partial charge in [-0.3, -0.25) is 14.0 Å². The van der Waals surface area contributed by atoms with E-state index in [0.717, 1.165) is 23.4 Å². The van der Waals surface area contributed by atoms with Crippen molar-refractivity contribution in [1.82, 2.24) is 19.2 Å². The summed E-state index contributed by atoms with van der Waals surface area (Å²) >= 11 is 0. The lowest BCUT2D eigenvalue weighted by molar-refractivity contribution is -0.133. The van der Waals surface area contributed by atoms with Crippen LogP contribution in [0.2, 0.25) is 0 Å². The minimum absolute atomic E-state index is 0.0256. The molecule has 6 heteroatoms. The maximum Gasteiger partial charge on any atom is 0.272 e. The van der Waals surface area contributed by atoms with Gasteiger partial charge < -0.3 is 9.80 Å². The Kier molecular flexibility index (Phi) is 4.89. The van der Waals surface area contributed by atoms with Gasteiger partial charge in [-0.25, -0.2) is 4.98 Å². The van der Waals surface area contributed by atoms with Crippen LogP contribution in [0.25, 0.3) is 5.65 Å². The van der Waals surface area contributed by atoms with Crippen molar-refractivity contribution in [2.24, 2.45) is 11.8 Å². The van der Waals surface area contributed by atoms with Crippen molar-refractivity contribution in [3.05, 3.63) is 35.3 Å². The summed E-state index contributed by atoms with van der Waals surface area (Å²) in [6, 6.07) is 4.02. The standard InChI is InChI=1S/C22H30N4O2/c1-14(2)18-13-24(10-9-20(27)25(18)12-17-6-7-17)22(28)21-16(4)23-19-8-5-15(3)11-26(19)21/h5,8,11,14,17-18H,6-7,9-10,12-13H2,1-4H3/t18-/m0/s1. The lowest BCUT2D eigenvalue weighted by Crippen LogP contribution is -2.48. The second kappa shape index (κ2) is 7.22. The van der Waals surface area contributed by atoms with E-state index < -0.39 is 0 Å². The second-order valence-electron chi connectivity index (χ2n) is 8.78. The fourth-order valence-electron chi connectivity index (χ4n) is 4.22. The van der Waals surface area contributed by atoms with E-state index in [1.54, 1.807) is 0 Å². The Morgan fingerprint density at radius 2 is 2.00 bits per heavy atom. The van der Waals surface area contributed by atoms with Crippen molar-refractivity contribution in [2.45, 2.75) is 53.0 Å². The number of carbonyl (C=O) groups is 2. The van der Waals surface area contributed by atoms with Crippen molar-refractivity contribution >= 4 is 17.5 Å². The van der Waals surface area contributed by atoms with Gasteiger partial charge in [0.05, 0.1) is 11.7 Å².